The number of amides is 2. The molecule has 0 saturated carbocycles. The molecule has 8 heteroatoms. The number of piperazine rings is 1. The first-order valence-corrected chi connectivity index (χ1v) is 11.4. The third-order valence-corrected chi connectivity index (χ3v) is 6.37. The van der Waals surface area contributed by atoms with Gasteiger partial charge in [0.15, 0.2) is 0 Å². The second-order valence-electron chi connectivity index (χ2n) is 8.54. The number of anilines is 2. The predicted octanol–water partition coefficient (Wildman–Crippen LogP) is 2.75. The van der Waals surface area contributed by atoms with Gasteiger partial charge >= 0.3 is 6.09 Å². The second kappa shape index (κ2) is 9.15. The average molecular weight is 449 g/mol. The summed E-state index contributed by atoms with van der Waals surface area (Å²) in [6.45, 7) is 2.83. The Morgan fingerprint density at radius 3 is 2.73 bits per heavy atom. The van der Waals surface area contributed by atoms with Gasteiger partial charge in [0.1, 0.15) is 6.61 Å². The molecule has 0 spiro atoms. The van der Waals surface area contributed by atoms with Gasteiger partial charge in [-0.1, -0.05) is 30.3 Å². The van der Waals surface area contributed by atoms with Crippen LogP contribution in [0.5, 0.6) is 0 Å². The lowest BCUT2D eigenvalue weighted by atomic mass is 10.0. The van der Waals surface area contributed by atoms with Crippen LogP contribution in [0.3, 0.4) is 0 Å². The molecule has 3 aliphatic rings. The van der Waals surface area contributed by atoms with Gasteiger partial charge in [-0.05, 0) is 36.6 Å². The minimum atomic E-state index is -0.391. The Balaban J connectivity index is 1.40. The van der Waals surface area contributed by atoms with Gasteiger partial charge in [0.2, 0.25) is 0 Å². The number of carbonyl (C=O) groups is 2. The quantitative estimate of drug-likeness (QED) is 0.554. The van der Waals surface area contributed by atoms with Crippen molar-refractivity contribution in [2.45, 2.75) is 25.5 Å². The van der Waals surface area contributed by atoms with Gasteiger partial charge in [-0.15, -0.1) is 0 Å². The van der Waals surface area contributed by atoms with Crippen molar-refractivity contribution in [2.75, 3.05) is 43.5 Å². The third kappa shape index (κ3) is 4.26. The zero-order valence-electron chi connectivity index (χ0n) is 18.5. The first-order valence-electron chi connectivity index (χ1n) is 11.4. The first kappa shape index (κ1) is 21.3. The Labute approximate surface area is 192 Å². The molecule has 2 aromatic carbocycles. The molecule has 2 saturated heterocycles. The van der Waals surface area contributed by atoms with E-state index in [-0.39, 0.29) is 25.1 Å². The highest BCUT2D eigenvalue weighted by molar-refractivity contribution is 6.33. The van der Waals surface area contributed by atoms with Gasteiger partial charge in [0, 0.05) is 49.3 Å². The molecule has 5 rings (SSSR count). The number of fused-ring (bicyclic) bond motifs is 1. The van der Waals surface area contributed by atoms with Crippen LogP contribution in [-0.2, 0) is 20.9 Å². The van der Waals surface area contributed by atoms with Crippen LogP contribution in [0, 0.1) is 0 Å². The first-order chi connectivity index (χ1) is 16.1. The molecule has 0 radical (unpaired) electrons. The summed E-state index contributed by atoms with van der Waals surface area (Å²) in [6.07, 6.45) is 1.20. The highest BCUT2D eigenvalue weighted by Gasteiger charge is 2.40. The number of benzene rings is 2. The van der Waals surface area contributed by atoms with Crippen molar-refractivity contribution >= 4 is 28.9 Å². The molecular formula is C25H28N4O4. The Kier molecular flexibility index (Phi) is 5.92. The maximum Gasteiger partial charge on any atom is 0.410 e. The van der Waals surface area contributed by atoms with E-state index in [2.05, 4.69) is 5.32 Å². The number of nitrogens with zero attached hydrogens (tertiary/aromatic N) is 2. The normalized spacial score (nSPS) is 21.0. The van der Waals surface area contributed by atoms with Gasteiger partial charge in [0.25, 0.3) is 5.91 Å². The molecule has 33 heavy (non-hydrogen) atoms. The van der Waals surface area contributed by atoms with Crippen molar-refractivity contribution in [1.82, 2.24) is 10.2 Å². The van der Waals surface area contributed by atoms with E-state index in [1.54, 1.807) is 4.90 Å². The maximum absolute atomic E-state index is 13.7. The van der Waals surface area contributed by atoms with Crippen molar-refractivity contribution in [3.63, 3.8) is 0 Å². The molecule has 0 unspecified atom stereocenters. The monoisotopic (exact) mass is 448 g/mol. The van der Waals surface area contributed by atoms with Crippen LogP contribution >= 0.6 is 0 Å². The van der Waals surface area contributed by atoms with Gasteiger partial charge in [0.05, 0.1) is 17.8 Å². The molecule has 172 valence electrons. The average Bonchev–Trinajstić information content (AvgIpc) is 3.14. The molecule has 3 aliphatic heterocycles. The van der Waals surface area contributed by atoms with E-state index < -0.39 is 6.09 Å². The molecule has 3 heterocycles. The lowest BCUT2D eigenvalue weighted by Gasteiger charge is -2.32. The minimum absolute atomic E-state index is 0.0514. The summed E-state index contributed by atoms with van der Waals surface area (Å²) in [5.41, 5.74) is 10.6. The summed E-state index contributed by atoms with van der Waals surface area (Å²) in [6, 6.07) is 15.3. The lowest BCUT2D eigenvalue weighted by Crippen LogP contribution is -2.46. The smallest absolute Gasteiger partial charge is 0.410 e. The molecule has 2 fully saturated rings. The van der Waals surface area contributed by atoms with E-state index in [1.165, 1.54) is 0 Å². The standard InChI is InChI=1S/C25H28N4O4/c26-18-6-7-22-20(14-18)23(24(30)29(22)19-8-12-32-13-9-19)21-15-28(11-10-27-21)25(31)33-16-17-4-2-1-3-5-17/h1-7,14,19,27H,8-13,15-16,26H2/b23-21-. The summed E-state index contributed by atoms with van der Waals surface area (Å²) in [5.74, 6) is -0.0514. The van der Waals surface area contributed by atoms with E-state index in [4.69, 9.17) is 15.2 Å². The zero-order valence-corrected chi connectivity index (χ0v) is 18.5. The molecule has 0 atom stereocenters. The van der Waals surface area contributed by atoms with Gasteiger partial charge < -0.3 is 30.3 Å². The molecule has 0 aromatic heterocycles. The van der Waals surface area contributed by atoms with E-state index in [0.29, 0.717) is 37.6 Å². The number of rotatable bonds is 3. The van der Waals surface area contributed by atoms with Crippen LogP contribution < -0.4 is 16.0 Å². The Hall–Kier alpha value is -3.52. The van der Waals surface area contributed by atoms with Gasteiger partial charge in [-0.3, -0.25) is 4.79 Å². The topological polar surface area (TPSA) is 97.1 Å². The SMILES string of the molecule is Nc1ccc2c(c1)/C(=C1\CN(C(=O)OCc3ccccc3)CCN1)C(=O)N2C1CCOCC1. The molecule has 2 aromatic rings. The molecular weight excluding hydrogens is 420 g/mol. The Morgan fingerprint density at radius 1 is 1.15 bits per heavy atom. The van der Waals surface area contributed by atoms with Crippen molar-refractivity contribution < 1.29 is 19.1 Å². The number of hydrogen-bond donors (Lipinski definition) is 2. The van der Waals surface area contributed by atoms with Crippen molar-refractivity contribution in [3.05, 3.63) is 65.4 Å². The van der Waals surface area contributed by atoms with E-state index in [1.807, 2.05) is 53.4 Å². The number of carbonyl (C=O) groups excluding carboxylic acids is 2. The van der Waals surface area contributed by atoms with Crippen LogP contribution in [-0.4, -0.2) is 55.8 Å². The van der Waals surface area contributed by atoms with Crippen LogP contribution in [0.25, 0.3) is 5.57 Å². The van der Waals surface area contributed by atoms with Crippen LogP contribution in [0.4, 0.5) is 16.2 Å². The fourth-order valence-electron chi connectivity index (χ4n) is 4.71. The van der Waals surface area contributed by atoms with Crippen LogP contribution in [0.15, 0.2) is 54.2 Å². The van der Waals surface area contributed by atoms with E-state index in [9.17, 15) is 9.59 Å². The number of ether oxygens (including phenoxy) is 2. The van der Waals surface area contributed by atoms with E-state index in [0.717, 1.165) is 35.4 Å². The summed E-state index contributed by atoms with van der Waals surface area (Å²) < 4.78 is 11.0. The zero-order chi connectivity index (χ0) is 22.8. The molecule has 3 N–H and O–H groups in total. The fraction of sp³-hybridized carbons (Fsp3) is 0.360. The summed E-state index contributed by atoms with van der Waals surface area (Å²) in [4.78, 5) is 29.9. The van der Waals surface area contributed by atoms with E-state index >= 15 is 0 Å². The number of nitrogen functional groups attached to an aromatic ring is 1. The lowest BCUT2D eigenvalue weighted by molar-refractivity contribution is -0.113. The minimum Gasteiger partial charge on any atom is -0.445 e. The number of hydrogen-bond acceptors (Lipinski definition) is 6. The maximum atomic E-state index is 13.7. The second-order valence-corrected chi connectivity index (χ2v) is 8.54. The van der Waals surface area contributed by atoms with Crippen molar-refractivity contribution in [2.24, 2.45) is 0 Å². The van der Waals surface area contributed by atoms with Crippen molar-refractivity contribution in [1.29, 1.82) is 0 Å². The largest absolute Gasteiger partial charge is 0.445 e. The fourth-order valence-corrected chi connectivity index (χ4v) is 4.71. The third-order valence-electron chi connectivity index (χ3n) is 6.37. The Morgan fingerprint density at radius 2 is 1.94 bits per heavy atom. The molecule has 0 aliphatic carbocycles. The van der Waals surface area contributed by atoms with Crippen molar-refractivity contribution in [3.8, 4) is 0 Å². The van der Waals surface area contributed by atoms with Gasteiger partial charge in [-0.2, -0.15) is 0 Å². The van der Waals surface area contributed by atoms with Gasteiger partial charge in [-0.25, -0.2) is 4.79 Å². The Bertz CT molecular complexity index is 1080. The predicted molar refractivity (Wildman–Crippen MR) is 125 cm³/mol. The summed E-state index contributed by atoms with van der Waals surface area (Å²) in [7, 11) is 0. The molecule has 0 bridgehead atoms. The highest BCUT2D eigenvalue weighted by atomic mass is 16.6. The molecule has 8 nitrogen and oxygen atoms in total. The summed E-state index contributed by atoms with van der Waals surface area (Å²) >= 11 is 0. The summed E-state index contributed by atoms with van der Waals surface area (Å²) in [5, 5.41) is 3.35. The van der Waals surface area contributed by atoms with Crippen LogP contribution in [0.1, 0.15) is 24.0 Å². The number of nitrogens with one attached hydrogen (secondary N) is 1. The number of nitrogens with two attached hydrogens (primary N) is 1. The van der Waals surface area contributed by atoms with Crippen LogP contribution in [0.2, 0.25) is 0 Å². The highest BCUT2D eigenvalue weighted by Crippen LogP contribution is 2.42. The molecule has 2 amide bonds.